The van der Waals surface area contributed by atoms with Gasteiger partial charge in [-0.1, -0.05) is 261 Å². The molecular weight excluding hydrogens is 853 g/mol. The van der Waals surface area contributed by atoms with E-state index in [-0.39, 0.29) is 31.1 Å². The summed E-state index contributed by atoms with van der Waals surface area (Å²) in [6.45, 7) is 6.43. The van der Waals surface area contributed by atoms with E-state index in [1.165, 1.54) is 141 Å². The Morgan fingerprint density at radius 1 is 0.304 bits per heavy atom. The summed E-state index contributed by atoms with van der Waals surface area (Å²) in [6.07, 6.45) is 73.2. The van der Waals surface area contributed by atoms with Crippen LogP contribution in [0.2, 0.25) is 0 Å². The minimum absolute atomic E-state index is 0.0821. The van der Waals surface area contributed by atoms with Crippen LogP contribution < -0.4 is 0 Å². The fourth-order valence-corrected chi connectivity index (χ4v) is 8.36. The van der Waals surface area contributed by atoms with Crippen molar-refractivity contribution >= 4 is 17.9 Å². The zero-order valence-corrected chi connectivity index (χ0v) is 45.6. The second kappa shape index (κ2) is 57.4. The summed E-state index contributed by atoms with van der Waals surface area (Å²) in [7, 11) is 0. The average molecular weight is 964 g/mol. The van der Waals surface area contributed by atoms with E-state index in [0.29, 0.717) is 19.3 Å². The molecule has 1 unspecified atom stereocenters. The van der Waals surface area contributed by atoms with Gasteiger partial charge in [-0.2, -0.15) is 0 Å². The highest BCUT2D eigenvalue weighted by atomic mass is 16.6. The Hall–Kier alpha value is -3.15. The SMILES string of the molecule is CC/C=C\C/C=C\C/C=C\C/C=C\CCCCCCCCC(=O)OCC(COC(=O)CCCCCCCCC/C=C\C/C=C\CC)OC(=O)CCCCCCCCCCCCCCCCCCCC. The predicted molar refractivity (Wildman–Crippen MR) is 298 cm³/mol. The van der Waals surface area contributed by atoms with Crippen molar-refractivity contribution in [3.63, 3.8) is 0 Å². The smallest absolute Gasteiger partial charge is 0.306 e. The average Bonchev–Trinajstić information content (AvgIpc) is 3.35. The Morgan fingerprint density at radius 3 is 0.884 bits per heavy atom. The van der Waals surface area contributed by atoms with Gasteiger partial charge in [-0.05, 0) is 83.5 Å². The number of hydrogen-bond acceptors (Lipinski definition) is 6. The van der Waals surface area contributed by atoms with Gasteiger partial charge >= 0.3 is 17.9 Å². The van der Waals surface area contributed by atoms with Crippen molar-refractivity contribution in [2.24, 2.45) is 0 Å². The minimum atomic E-state index is -0.784. The topological polar surface area (TPSA) is 78.9 Å². The van der Waals surface area contributed by atoms with Crippen LogP contribution in [0.3, 0.4) is 0 Å². The van der Waals surface area contributed by atoms with Crippen molar-refractivity contribution in [3.8, 4) is 0 Å². The number of esters is 3. The predicted octanol–water partition coefficient (Wildman–Crippen LogP) is 19.8. The molecule has 0 aromatic heterocycles. The number of allylic oxidation sites excluding steroid dienone is 12. The zero-order valence-electron chi connectivity index (χ0n) is 45.6. The Labute approximate surface area is 427 Å². The summed E-state index contributed by atoms with van der Waals surface area (Å²) in [5.74, 6) is -0.892. The van der Waals surface area contributed by atoms with E-state index in [1.54, 1.807) is 0 Å². The fourth-order valence-electron chi connectivity index (χ4n) is 8.36. The molecule has 398 valence electrons. The molecule has 6 heteroatoms. The maximum Gasteiger partial charge on any atom is 0.306 e. The summed E-state index contributed by atoms with van der Waals surface area (Å²) in [5, 5.41) is 0. The molecule has 0 heterocycles. The van der Waals surface area contributed by atoms with Crippen LogP contribution in [0.15, 0.2) is 72.9 Å². The number of ether oxygens (including phenoxy) is 3. The molecule has 0 bridgehead atoms. The lowest BCUT2D eigenvalue weighted by Crippen LogP contribution is -2.30. The van der Waals surface area contributed by atoms with Crippen molar-refractivity contribution in [1.29, 1.82) is 0 Å². The van der Waals surface area contributed by atoms with Gasteiger partial charge in [0.1, 0.15) is 13.2 Å². The van der Waals surface area contributed by atoms with Gasteiger partial charge in [0.05, 0.1) is 0 Å². The quantitative estimate of drug-likeness (QED) is 0.0262. The van der Waals surface area contributed by atoms with E-state index in [0.717, 1.165) is 109 Å². The molecule has 0 aliphatic carbocycles. The molecule has 0 saturated carbocycles. The maximum atomic E-state index is 12.9. The molecule has 0 saturated heterocycles. The Balaban J connectivity index is 4.38. The molecule has 0 fully saturated rings. The second-order valence-corrected chi connectivity index (χ2v) is 19.5. The van der Waals surface area contributed by atoms with Crippen LogP contribution in [0.25, 0.3) is 0 Å². The van der Waals surface area contributed by atoms with E-state index < -0.39 is 6.10 Å². The lowest BCUT2D eigenvalue weighted by molar-refractivity contribution is -0.167. The van der Waals surface area contributed by atoms with E-state index in [2.05, 4.69) is 93.7 Å². The van der Waals surface area contributed by atoms with E-state index in [9.17, 15) is 14.4 Å². The lowest BCUT2D eigenvalue weighted by Gasteiger charge is -2.18. The van der Waals surface area contributed by atoms with Gasteiger partial charge in [-0.15, -0.1) is 0 Å². The van der Waals surface area contributed by atoms with E-state index in [1.807, 2.05) is 0 Å². The van der Waals surface area contributed by atoms with E-state index >= 15 is 0 Å². The highest BCUT2D eigenvalue weighted by Crippen LogP contribution is 2.16. The van der Waals surface area contributed by atoms with Crippen molar-refractivity contribution in [1.82, 2.24) is 0 Å². The first-order valence-electron chi connectivity index (χ1n) is 29.4. The lowest BCUT2D eigenvalue weighted by atomic mass is 10.0. The van der Waals surface area contributed by atoms with Crippen molar-refractivity contribution < 1.29 is 28.6 Å². The van der Waals surface area contributed by atoms with Gasteiger partial charge in [0.15, 0.2) is 6.10 Å². The van der Waals surface area contributed by atoms with Gasteiger partial charge in [0.25, 0.3) is 0 Å². The molecule has 6 nitrogen and oxygen atoms in total. The van der Waals surface area contributed by atoms with Gasteiger partial charge < -0.3 is 14.2 Å². The molecule has 0 aliphatic heterocycles. The molecule has 0 aromatic rings. The van der Waals surface area contributed by atoms with Crippen molar-refractivity contribution in [2.45, 2.75) is 297 Å². The Kier molecular flexibility index (Phi) is 54.8. The Morgan fingerprint density at radius 2 is 0.565 bits per heavy atom. The number of carbonyl (C=O) groups excluding carboxylic acids is 3. The molecule has 0 aromatic carbocycles. The van der Waals surface area contributed by atoms with Crippen LogP contribution in [0, 0.1) is 0 Å². The normalized spacial score (nSPS) is 12.6. The van der Waals surface area contributed by atoms with Crippen LogP contribution in [0.1, 0.15) is 290 Å². The van der Waals surface area contributed by atoms with Crippen LogP contribution in [-0.2, 0) is 28.6 Å². The fraction of sp³-hybridized carbons (Fsp3) is 0.762. The first-order valence-corrected chi connectivity index (χ1v) is 29.4. The number of hydrogen-bond donors (Lipinski definition) is 0. The van der Waals surface area contributed by atoms with Gasteiger partial charge in [-0.3, -0.25) is 14.4 Å². The summed E-state index contributed by atoms with van der Waals surface area (Å²) in [4.78, 5) is 38.2. The summed E-state index contributed by atoms with van der Waals surface area (Å²) >= 11 is 0. The molecule has 0 N–H and O–H groups in total. The van der Waals surface area contributed by atoms with Gasteiger partial charge in [-0.25, -0.2) is 0 Å². The number of rotatable bonds is 53. The number of carbonyl (C=O) groups is 3. The third-order valence-electron chi connectivity index (χ3n) is 12.7. The summed E-state index contributed by atoms with van der Waals surface area (Å²) < 4.78 is 16.9. The van der Waals surface area contributed by atoms with Crippen LogP contribution in [0.5, 0.6) is 0 Å². The standard InChI is InChI=1S/C63H110O6/c1-4-7-10-13-16-19-22-25-28-30-32-34-35-38-41-44-47-50-53-56-62(65)68-59-60(58-67-61(64)55-52-49-46-43-40-37-27-24-21-18-15-12-9-6-3)69-63(66)57-54-51-48-45-42-39-36-33-31-29-26-23-20-17-14-11-8-5-2/h7,9-10,12,16,18-19,21,25,28,32,34,60H,4-6,8,11,13-15,17,20,22-24,26-27,29-31,33,35-59H2,1-3H3/b10-7-,12-9-,19-16-,21-18-,28-25-,34-32-. The molecule has 0 amide bonds. The van der Waals surface area contributed by atoms with Crippen molar-refractivity contribution in [2.75, 3.05) is 13.2 Å². The minimum Gasteiger partial charge on any atom is -0.462 e. The number of unbranched alkanes of at least 4 members (excludes halogenated alkanes) is 30. The van der Waals surface area contributed by atoms with Gasteiger partial charge in [0.2, 0.25) is 0 Å². The highest BCUT2D eigenvalue weighted by molar-refractivity contribution is 5.71. The molecule has 1 atom stereocenters. The van der Waals surface area contributed by atoms with Gasteiger partial charge in [0, 0.05) is 19.3 Å². The van der Waals surface area contributed by atoms with Crippen molar-refractivity contribution in [3.05, 3.63) is 72.9 Å². The monoisotopic (exact) mass is 963 g/mol. The first-order chi connectivity index (χ1) is 34.0. The van der Waals surface area contributed by atoms with Crippen LogP contribution in [0.4, 0.5) is 0 Å². The second-order valence-electron chi connectivity index (χ2n) is 19.5. The molecule has 0 aliphatic rings. The van der Waals surface area contributed by atoms with Crippen LogP contribution in [-0.4, -0.2) is 37.2 Å². The molecule has 0 rings (SSSR count). The summed E-state index contributed by atoms with van der Waals surface area (Å²) in [6, 6.07) is 0. The third-order valence-corrected chi connectivity index (χ3v) is 12.7. The molecule has 69 heavy (non-hydrogen) atoms. The zero-order chi connectivity index (χ0) is 50.0. The molecular formula is C63H110O6. The van der Waals surface area contributed by atoms with E-state index in [4.69, 9.17) is 14.2 Å². The molecule has 0 spiro atoms. The summed E-state index contributed by atoms with van der Waals surface area (Å²) in [5.41, 5.74) is 0. The molecule has 0 radical (unpaired) electrons. The maximum absolute atomic E-state index is 12.9. The largest absolute Gasteiger partial charge is 0.462 e. The third kappa shape index (κ3) is 55.6. The Bertz CT molecular complexity index is 1290. The first kappa shape index (κ1) is 65.8. The highest BCUT2D eigenvalue weighted by Gasteiger charge is 2.19. The van der Waals surface area contributed by atoms with Crippen LogP contribution >= 0.6 is 0 Å².